The lowest BCUT2D eigenvalue weighted by Gasteiger charge is -2.30. The van der Waals surface area contributed by atoms with Gasteiger partial charge in [0, 0.05) is 30.6 Å². The second-order valence-electron chi connectivity index (χ2n) is 6.53. The average Bonchev–Trinajstić information content (AvgIpc) is 3.19. The van der Waals surface area contributed by atoms with Gasteiger partial charge >= 0.3 is 0 Å². The molecule has 0 unspecified atom stereocenters. The number of rotatable bonds is 5. The molecule has 1 aliphatic rings. The normalized spacial score (nSPS) is 16.0. The topological polar surface area (TPSA) is 89.9 Å². The summed E-state index contributed by atoms with van der Waals surface area (Å²) >= 11 is 0. The maximum atomic E-state index is 12.2. The van der Waals surface area contributed by atoms with Gasteiger partial charge in [-0.1, -0.05) is 5.16 Å². The molecule has 1 aliphatic heterocycles. The zero-order chi connectivity index (χ0) is 17.8. The second-order valence-corrected chi connectivity index (χ2v) is 6.53. The van der Waals surface area contributed by atoms with Crippen molar-refractivity contribution in [3.8, 4) is 11.3 Å². The Bertz CT molecular complexity index is 886. The van der Waals surface area contributed by atoms with Crippen molar-refractivity contribution in [2.24, 2.45) is 5.92 Å². The third-order valence-corrected chi connectivity index (χ3v) is 4.75. The Morgan fingerprint density at radius 1 is 1.12 bits per heavy atom. The molecule has 0 spiro atoms. The van der Waals surface area contributed by atoms with Gasteiger partial charge in [0.25, 0.3) is 5.56 Å². The fraction of sp³-hybridized carbons (Fsp3) is 0.389. The number of hydrogen-bond donors (Lipinski definition) is 0. The van der Waals surface area contributed by atoms with E-state index in [2.05, 4.69) is 25.1 Å². The van der Waals surface area contributed by atoms with Crippen LogP contribution in [0, 0.1) is 5.92 Å². The van der Waals surface area contributed by atoms with E-state index in [1.165, 1.54) is 6.33 Å². The summed E-state index contributed by atoms with van der Waals surface area (Å²) in [5.41, 5.74) is 1.69. The van der Waals surface area contributed by atoms with E-state index in [0.717, 1.165) is 37.2 Å². The molecule has 4 heterocycles. The largest absolute Gasteiger partial charge is 0.338 e. The minimum Gasteiger partial charge on any atom is -0.338 e. The summed E-state index contributed by atoms with van der Waals surface area (Å²) in [4.78, 5) is 22.6. The molecule has 26 heavy (non-hydrogen) atoms. The summed E-state index contributed by atoms with van der Waals surface area (Å²) in [6.45, 7) is 3.23. The van der Waals surface area contributed by atoms with Crippen molar-refractivity contribution in [3.63, 3.8) is 0 Å². The first-order valence-electron chi connectivity index (χ1n) is 8.74. The zero-order valence-electron chi connectivity index (χ0n) is 14.4. The average molecular weight is 352 g/mol. The lowest BCUT2D eigenvalue weighted by Crippen LogP contribution is -2.36. The Labute approximate surface area is 150 Å². The molecule has 0 atom stereocenters. The summed E-state index contributed by atoms with van der Waals surface area (Å²) in [6, 6.07) is 7.15. The van der Waals surface area contributed by atoms with Crippen molar-refractivity contribution in [2.75, 3.05) is 13.1 Å². The van der Waals surface area contributed by atoms with Crippen LogP contribution in [0.2, 0.25) is 0 Å². The summed E-state index contributed by atoms with van der Waals surface area (Å²) in [6.07, 6.45) is 6.91. The summed E-state index contributed by atoms with van der Waals surface area (Å²) in [5, 5.41) is 8.18. The van der Waals surface area contributed by atoms with Gasteiger partial charge in [0.2, 0.25) is 5.89 Å². The van der Waals surface area contributed by atoms with Crippen LogP contribution in [0.5, 0.6) is 0 Å². The monoisotopic (exact) mass is 352 g/mol. The van der Waals surface area contributed by atoms with Crippen LogP contribution in [0.25, 0.3) is 11.3 Å². The van der Waals surface area contributed by atoms with Crippen molar-refractivity contribution in [1.82, 2.24) is 29.8 Å². The van der Waals surface area contributed by atoms with Gasteiger partial charge in [-0.2, -0.15) is 10.1 Å². The van der Waals surface area contributed by atoms with Crippen LogP contribution in [-0.2, 0) is 13.1 Å². The molecular weight excluding hydrogens is 332 g/mol. The zero-order valence-corrected chi connectivity index (χ0v) is 14.4. The molecule has 3 aromatic heterocycles. The van der Waals surface area contributed by atoms with Crippen LogP contribution in [0.3, 0.4) is 0 Å². The Hall–Kier alpha value is -2.87. The molecule has 0 aliphatic carbocycles. The number of hydrogen-bond acceptors (Lipinski definition) is 7. The molecule has 8 heteroatoms. The third kappa shape index (κ3) is 3.85. The van der Waals surface area contributed by atoms with Crippen LogP contribution in [0.15, 0.2) is 52.3 Å². The van der Waals surface area contributed by atoms with E-state index in [0.29, 0.717) is 24.9 Å². The molecule has 4 rings (SSSR count). The number of piperidine rings is 1. The van der Waals surface area contributed by atoms with Crippen molar-refractivity contribution in [2.45, 2.75) is 25.9 Å². The molecule has 0 saturated carbocycles. The number of likely N-dealkylation sites (tertiary alicyclic amines) is 1. The molecule has 0 aromatic carbocycles. The van der Waals surface area contributed by atoms with Gasteiger partial charge in [-0.15, -0.1) is 0 Å². The van der Waals surface area contributed by atoms with Gasteiger partial charge in [0.05, 0.1) is 12.2 Å². The fourth-order valence-corrected chi connectivity index (χ4v) is 3.28. The van der Waals surface area contributed by atoms with Crippen LogP contribution < -0.4 is 5.56 Å². The summed E-state index contributed by atoms with van der Waals surface area (Å²) in [7, 11) is 0. The highest BCUT2D eigenvalue weighted by molar-refractivity contribution is 5.56. The minimum absolute atomic E-state index is 0.0592. The van der Waals surface area contributed by atoms with Crippen molar-refractivity contribution in [3.05, 3.63) is 59.2 Å². The molecule has 0 N–H and O–H groups in total. The minimum atomic E-state index is -0.0592. The SMILES string of the molecule is O=c1ccc(-c2ccncc2)nn1CC1CCN(Cc2ncno2)CC1. The molecular formula is C18H20N6O2. The van der Waals surface area contributed by atoms with Crippen LogP contribution in [-0.4, -0.2) is 42.9 Å². The Morgan fingerprint density at radius 3 is 2.65 bits per heavy atom. The number of aromatic nitrogens is 5. The van der Waals surface area contributed by atoms with Gasteiger partial charge in [-0.05, 0) is 50.0 Å². The Morgan fingerprint density at radius 2 is 1.92 bits per heavy atom. The maximum absolute atomic E-state index is 12.2. The van der Waals surface area contributed by atoms with E-state index in [1.54, 1.807) is 29.2 Å². The smallest absolute Gasteiger partial charge is 0.266 e. The lowest BCUT2D eigenvalue weighted by atomic mass is 9.97. The highest BCUT2D eigenvalue weighted by Crippen LogP contribution is 2.20. The molecule has 1 saturated heterocycles. The first-order valence-corrected chi connectivity index (χ1v) is 8.74. The summed E-state index contributed by atoms with van der Waals surface area (Å²) < 4.78 is 6.66. The molecule has 3 aromatic rings. The second kappa shape index (κ2) is 7.57. The molecule has 0 radical (unpaired) electrons. The third-order valence-electron chi connectivity index (χ3n) is 4.75. The highest BCUT2D eigenvalue weighted by atomic mass is 16.5. The molecule has 0 bridgehead atoms. The number of nitrogens with zero attached hydrogens (tertiary/aromatic N) is 6. The maximum Gasteiger partial charge on any atom is 0.266 e. The van der Waals surface area contributed by atoms with E-state index in [4.69, 9.17) is 4.52 Å². The van der Waals surface area contributed by atoms with Crippen molar-refractivity contribution >= 4 is 0 Å². The molecule has 8 nitrogen and oxygen atoms in total. The van der Waals surface area contributed by atoms with Crippen molar-refractivity contribution in [1.29, 1.82) is 0 Å². The standard InChI is InChI=1S/C18H20N6O2/c25-18-2-1-16(15-3-7-19-8-4-15)22-24(18)11-14-5-9-23(10-6-14)12-17-20-13-21-26-17/h1-4,7-8,13-14H,5-6,9-12H2. The summed E-state index contributed by atoms with van der Waals surface area (Å²) in [5.74, 6) is 1.08. The van der Waals surface area contributed by atoms with Gasteiger partial charge in [0.1, 0.15) is 0 Å². The molecule has 134 valence electrons. The quantitative estimate of drug-likeness (QED) is 0.689. The van der Waals surface area contributed by atoms with E-state index in [9.17, 15) is 4.79 Å². The van der Waals surface area contributed by atoms with Crippen molar-refractivity contribution < 1.29 is 4.52 Å². The lowest BCUT2D eigenvalue weighted by molar-refractivity contribution is 0.148. The van der Waals surface area contributed by atoms with E-state index >= 15 is 0 Å². The molecule has 0 amide bonds. The highest BCUT2D eigenvalue weighted by Gasteiger charge is 2.21. The first kappa shape index (κ1) is 16.6. The van der Waals surface area contributed by atoms with E-state index in [1.807, 2.05) is 12.1 Å². The molecule has 1 fully saturated rings. The van der Waals surface area contributed by atoms with E-state index < -0.39 is 0 Å². The van der Waals surface area contributed by atoms with Crippen LogP contribution in [0.1, 0.15) is 18.7 Å². The van der Waals surface area contributed by atoms with Gasteiger partial charge < -0.3 is 4.52 Å². The fourth-order valence-electron chi connectivity index (χ4n) is 3.28. The van der Waals surface area contributed by atoms with Crippen LogP contribution >= 0.6 is 0 Å². The van der Waals surface area contributed by atoms with Gasteiger partial charge in [-0.25, -0.2) is 4.68 Å². The van der Waals surface area contributed by atoms with Gasteiger partial charge in [0.15, 0.2) is 6.33 Å². The first-order chi connectivity index (χ1) is 12.8. The van der Waals surface area contributed by atoms with E-state index in [-0.39, 0.29) is 5.56 Å². The Balaban J connectivity index is 1.39. The van der Waals surface area contributed by atoms with Crippen LogP contribution in [0.4, 0.5) is 0 Å². The predicted octanol–water partition coefficient (Wildman–Crippen LogP) is 1.60. The predicted molar refractivity (Wildman–Crippen MR) is 94.0 cm³/mol. The number of pyridine rings is 1. The van der Waals surface area contributed by atoms with Gasteiger partial charge in [-0.3, -0.25) is 14.7 Å². The Kier molecular flexibility index (Phi) is 4.83.